The topological polar surface area (TPSA) is 36.1 Å². The van der Waals surface area contributed by atoms with E-state index < -0.39 is 0 Å². The predicted octanol–water partition coefficient (Wildman–Crippen LogP) is 2.94. The molecule has 0 spiro atoms. The second-order valence-electron chi connectivity index (χ2n) is 5.94. The Morgan fingerprint density at radius 2 is 2.04 bits per heavy atom. The highest BCUT2D eigenvalue weighted by Gasteiger charge is 2.26. The molecule has 1 amide bonds. The summed E-state index contributed by atoms with van der Waals surface area (Å²) < 4.78 is 5.28. The first kappa shape index (κ1) is 16.8. The maximum Gasteiger partial charge on any atom is 0.246 e. The molecular weight excluding hydrogens is 335 g/mol. The SMILES string of the molecule is O=C(/C=C/c1ccc(Cl)c(Cl)c1)N1CCCN(CC2CO2)CC1. The van der Waals surface area contributed by atoms with Gasteiger partial charge in [0.25, 0.3) is 0 Å². The minimum absolute atomic E-state index is 0.0422. The second-order valence-corrected chi connectivity index (χ2v) is 6.76. The fourth-order valence-electron chi connectivity index (χ4n) is 2.72. The summed E-state index contributed by atoms with van der Waals surface area (Å²) in [6.07, 6.45) is 4.80. The largest absolute Gasteiger partial charge is 0.372 e. The van der Waals surface area contributed by atoms with Crippen LogP contribution in [-0.4, -0.2) is 61.1 Å². The minimum Gasteiger partial charge on any atom is -0.372 e. The van der Waals surface area contributed by atoms with E-state index in [1.807, 2.05) is 11.0 Å². The number of hydrogen-bond donors (Lipinski definition) is 0. The smallest absolute Gasteiger partial charge is 0.246 e. The van der Waals surface area contributed by atoms with Crippen molar-refractivity contribution in [2.45, 2.75) is 12.5 Å². The molecule has 1 unspecified atom stereocenters. The third kappa shape index (κ3) is 4.95. The zero-order valence-electron chi connectivity index (χ0n) is 12.9. The molecule has 0 aliphatic carbocycles. The summed E-state index contributed by atoms with van der Waals surface area (Å²) in [6, 6.07) is 5.34. The summed E-state index contributed by atoms with van der Waals surface area (Å²) in [5, 5.41) is 1.01. The molecule has 3 rings (SSSR count). The summed E-state index contributed by atoms with van der Waals surface area (Å²) in [5.41, 5.74) is 0.870. The van der Waals surface area contributed by atoms with E-state index in [2.05, 4.69) is 4.90 Å². The van der Waals surface area contributed by atoms with Crippen LogP contribution < -0.4 is 0 Å². The summed E-state index contributed by atoms with van der Waals surface area (Å²) in [4.78, 5) is 16.6. The van der Waals surface area contributed by atoms with Crippen molar-refractivity contribution in [3.8, 4) is 0 Å². The van der Waals surface area contributed by atoms with Crippen LogP contribution in [0, 0.1) is 0 Å². The number of benzene rings is 1. The van der Waals surface area contributed by atoms with E-state index in [1.54, 1.807) is 24.3 Å². The number of carbonyl (C=O) groups is 1. The fourth-order valence-corrected chi connectivity index (χ4v) is 3.03. The lowest BCUT2D eigenvalue weighted by atomic mass is 10.2. The molecule has 2 saturated heterocycles. The molecule has 0 N–H and O–H groups in total. The van der Waals surface area contributed by atoms with Gasteiger partial charge in [0.15, 0.2) is 0 Å². The molecule has 2 aliphatic rings. The fraction of sp³-hybridized carbons (Fsp3) is 0.471. The Morgan fingerprint density at radius 1 is 1.22 bits per heavy atom. The molecule has 124 valence electrons. The van der Waals surface area contributed by atoms with Crippen LogP contribution in [0.3, 0.4) is 0 Å². The zero-order chi connectivity index (χ0) is 16.2. The zero-order valence-corrected chi connectivity index (χ0v) is 14.4. The number of epoxide rings is 1. The van der Waals surface area contributed by atoms with Gasteiger partial charge in [-0.05, 0) is 36.7 Å². The minimum atomic E-state index is 0.0422. The molecule has 2 fully saturated rings. The number of hydrogen-bond acceptors (Lipinski definition) is 3. The third-order valence-corrected chi connectivity index (χ3v) is 4.87. The van der Waals surface area contributed by atoms with Crippen LogP contribution in [0.4, 0.5) is 0 Å². The molecule has 1 atom stereocenters. The molecule has 0 saturated carbocycles. The third-order valence-electron chi connectivity index (χ3n) is 4.13. The summed E-state index contributed by atoms with van der Waals surface area (Å²) in [6.45, 7) is 5.36. The quantitative estimate of drug-likeness (QED) is 0.616. The van der Waals surface area contributed by atoms with Crippen LogP contribution in [0.5, 0.6) is 0 Å². The van der Waals surface area contributed by atoms with Gasteiger partial charge in [0.05, 0.1) is 22.8 Å². The van der Waals surface area contributed by atoms with Crippen molar-refractivity contribution in [2.24, 2.45) is 0 Å². The number of carbonyl (C=O) groups excluding carboxylic acids is 1. The van der Waals surface area contributed by atoms with Crippen molar-refractivity contribution >= 4 is 35.2 Å². The first-order valence-corrected chi connectivity index (χ1v) is 8.63. The van der Waals surface area contributed by atoms with Crippen LogP contribution in [0.15, 0.2) is 24.3 Å². The van der Waals surface area contributed by atoms with Gasteiger partial charge in [-0.1, -0.05) is 29.3 Å². The molecule has 2 heterocycles. The van der Waals surface area contributed by atoms with Crippen molar-refractivity contribution < 1.29 is 9.53 Å². The summed E-state index contributed by atoms with van der Waals surface area (Å²) >= 11 is 11.9. The number of halogens is 2. The van der Waals surface area contributed by atoms with Crippen molar-refractivity contribution in [1.82, 2.24) is 9.80 Å². The van der Waals surface area contributed by atoms with Crippen molar-refractivity contribution in [1.29, 1.82) is 0 Å². The van der Waals surface area contributed by atoms with Crippen molar-refractivity contribution in [3.05, 3.63) is 39.9 Å². The Labute approximate surface area is 146 Å². The van der Waals surface area contributed by atoms with Gasteiger partial charge >= 0.3 is 0 Å². The van der Waals surface area contributed by atoms with Gasteiger partial charge in [0.1, 0.15) is 0 Å². The maximum absolute atomic E-state index is 12.4. The molecular formula is C17H20Cl2N2O2. The first-order chi connectivity index (χ1) is 11.1. The van der Waals surface area contributed by atoms with Gasteiger partial charge in [-0.25, -0.2) is 0 Å². The predicted molar refractivity (Wildman–Crippen MR) is 92.9 cm³/mol. The highest BCUT2D eigenvalue weighted by atomic mass is 35.5. The average molecular weight is 355 g/mol. The summed E-state index contributed by atoms with van der Waals surface area (Å²) in [5.74, 6) is 0.0422. The molecule has 0 bridgehead atoms. The Bertz CT molecular complexity index is 602. The second kappa shape index (κ2) is 7.67. The lowest BCUT2D eigenvalue weighted by Gasteiger charge is -2.20. The maximum atomic E-state index is 12.4. The Kier molecular flexibility index (Phi) is 5.59. The van der Waals surface area contributed by atoms with Gasteiger partial charge in [0, 0.05) is 32.3 Å². The van der Waals surface area contributed by atoms with E-state index in [1.165, 1.54) is 0 Å². The van der Waals surface area contributed by atoms with E-state index in [0.29, 0.717) is 16.1 Å². The van der Waals surface area contributed by atoms with Crippen molar-refractivity contribution in [2.75, 3.05) is 39.3 Å². The Morgan fingerprint density at radius 3 is 2.78 bits per heavy atom. The number of nitrogens with zero attached hydrogens (tertiary/aromatic N) is 2. The van der Waals surface area contributed by atoms with E-state index in [4.69, 9.17) is 27.9 Å². The monoisotopic (exact) mass is 354 g/mol. The highest BCUT2D eigenvalue weighted by molar-refractivity contribution is 6.42. The molecule has 2 aliphatic heterocycles. The average Bonchev–Trinajstić information content (AvgIpc) is 3.36. The molecule has 1 aromatic carbocycles. The van der Waals surface area contributed by atoms with Gasteiger partial charge in [-0.15, -0.1) is 0 Å². The van der Waals surface area contributed by atoms with Crippen molar-refractivity contribution in [3.63, 3.8) is 0 Å². The van der Waals surface area contributed by atoms with E-state index in [0.717, 1.165) is 51.3 Å². The molecule has 6 heteroatoms. The standard InChI is InChI=1S/C17H20Cl2N2O2/c18-15-4-2-13(10-16(15)19)3-5-17(22)21-7-1-6-20(8-9-21)11-14-12-23-14/h2-5,10,14H,1,6-9,11-12H2/b5-3+. The number of amides is 1. The molecule has 23 heavy (non-hydrogen) atoms. The lowest BCUT2D eigenvalue weighted by Crippen LogP contribution is -2.35. The van der Waals surface area contributed by atoms with Crippen LogP contribution >= 0.6 is 23.2 Å². The normalized spacial score (nSPS) is 22.3. The number of ether oxygens (including phenoxy) is 1. The van der Waals surface area contributed by atoms with Gasteiger partial charge in [0.2, 0.25) is 5.91 Å². The van der Waals surface area contributed by atoms with Gasteiger partial charge < -0.3 is 9.64 Å². The Balaban J connectivity index is 1.54. The molecule has 1 aromatic rings. The van der Waals surface area contributed by atoms with E-state index >= 15 is 0 Å². The first-order valence-electron chi connectivity index (χ1n) is 7.88. The Hall–Kier alpha value is -1.07. The number of rotatable bonds is 4. The molecule has 0 aromatic heterocycles. The van der Waals surface area contributed by atoms with E-state index in [9.17, 15) is 4.79 Å². The summed E-state index contributed by atoms with van der Waals surface area (Å²) in [7, 11) is 0. The van der Waals surface area contributed by atoms with E-state index in [-0.39, 0.29) is 5.91 Å². The highest BCUT2D eigenvalue weighted by Crippen LogP contribution is 2.23. The van der Waals surface area contributed by atoms with Crippen LogP contribution in [0.2, 0.25) is 10.0 Å². The molecule has 4 nitrogen and oxygen atoms in total. The van der Waals surface area contributed by atoms with Crippen LogP contribution in [0.1, 0.15) is 12.0 Å². The lowest BCUT2D eigenvalue weighted by molar-refractivity contribution is -0.125. The van der Waals surface area contributed by atoms with Gasteiger partial charge in [-0.2, -0.15) is 0 Å². The van der Waals surface area contributed by atoms with Gasteiger partial charge in [-0.3, -0.25) is 9.69 Å². The van der Waals surface area contributed by atoms with Crippen LogP contribution in [0.25, 0.3) is 6.08 Å². The van der Waals surface area contributed by atoms with Crippen LogP contribution in [-0.2, 0) is 9.53 Å². The molecule has 0 radical (unpaired) electrons.